The molecule has 0 radical (unpaired) electrons. The molecule has 22 heavy (non-hydrogen) atoms. The molecular weight excluding hydrogens is 298 g/mol. The van der Waals surface area contributed by atoms with E-state index in [2.05, 4.69) is 35.6 Å². The Labute approximate surface area is 138 Å². The van der Waals surface area contributed by atoms with E-state index in [-0.39, 0.29) is 12.4 Å². The van der Waals surface area contributed by atoms with Gasteiger partial charge in [0.25, 0.3) is 0 Å². The molecule has 0 atom stereocenters. The van der Waals surface area contributed by atoms with E-state index in [1.807, 2.05) is 12.1 Å². The molecule has 1 aliphatic rings. The van der Waals surface area contributed by atoms with Crippen LogP contribution in [0.4, 0.5) is 0 Å². The van der Waals surface area contributed by atoms with Gasteiger partial charge in [-0.2, -0.15) is 0 Å². The van der Waals surface area contributed by atoms with Crippen LogP contribution in [0.3, 0.4) is 0 Å². The number of rotatable bonds is 5. The second kappa shape index (κ2) is 7.52. The van der Waals surface area contributed by atoms with E-state index in [9.17, 15) is 0 Å². The summed E-state index contributed by atoms with van der Waals surface area (Å²) >= 11 is 0. The van der Waals surface area contributed by atoms with Gasteiger partial charge in [0, 0.05) is 12.6 Å². The number of benzene rings is 2. The number of methoxy groups -OCH3 is 2. The summed E-state index contributed by atoms with van der Waals surface area (Å²) in [6.45, 7) is 0.846. The molecule has 0 amide bonds. The van der Waals surface area contributed by atoms with E-state index in [1.54, 1.807) is 14.2 Å². The predicted molar refractivity (Wildman–Crippen MR) is 91.3 cm³/mol. The molecule has 3 nitrogen and oxygen atoms in total. The van der Waals surface area contributed by atoms with Crippen LogP contribution in [0.5, 0.6) is 11.5 Å². The van der Waals surface area contributed by atoms with Crippen LogP contribution in [0, 0.1) is 0 Å². The smallest absolute Gasteiger partial charge is 0.161 e. The summed E-state index contributed by atoms with van der Waals surface area (Å²) in [6.07, 6.45) is 2.23. The Hall–Kier alpha value is -1.71. The molecule has 3 rings (SSSR count). The van der Waals surface area contributed by atoms with Crippen molar-refractivity contribution in [1.82, 2.24) is 5.32 Å². The normalized spacial score (nSPS) is 13.4. The first-order chi connectivity index (χ1) is 10.3. The van der Waals surface area contributed by atoms with Gasteiger partial charge in [-0.15, -0.1) is 12.4 Å². The van der Waals surface area contributed by atoms with E-state index in [1.165, 1.54) is 16.7 Å². The van der Waals surface area contributed by atoms with Crippen molar-refractivity contribution in [3.8, 4) is 11.5 Å². The number of hydrogen-bond acceptors (Lipinski definition) is 3. The molecule has 0 unspecified atom stereocenters. The van der Waals surface area contributed by atoms with Gasteiger partial charge in [-0.1, -0.05) is 30.3 Å². The number of hydrogen-bond donors (Lipinski definition) is 1. The highest BCUT2D eigenvalue weighted by Crippen LogP contribution is 2.28. The van der Waals surface area contributed by atoms with E-state index in [4.69, 9.17) is 9.47 Å². The van der Waals surface area contributed by atoms with Gasteiger partial charge in [0.1, 0.15) is 0 Å². The number of nitrogens with one attached hydrogen (secondary N) is 1. The molecule has 1 N–H and O–H groups in total. The molecule has 0 aromatic heterocycles. The molecule has 118 valence electrons. The van der Waals surface area contributed by atoms with Crippen molar-refractivity contribution < 1.29 is 9.47 Å². The highest BCUT2D eigenvalue weighted by Gasteiger charge is 2.20. The summed E-state index contributed by atoms with van der Waals surface area (Å²) < 4.78 is 10.6. The van der Waals surface area contributed by atoms with Gasteiger partial charge in [0.15, 0.2) is 11.5 Å². The zero-order valence-electron chi connectivity index (χ0n) is 13.0. The van der Waals surface area contributed by atoms with Crippen LogP contribution < -0.4 is 14.8 Å². The minimum absolute atomic E-state index is 0. The number of halogens is 1. The van der Waals surface area contributed by atoms with E-state index in [0.29, 0.717) is 6.04 Å². The third-order valence-electron chi connectivity index (χ3n) is 4.09. The average molecular weight is 320 g/mol. The Kier molecular flexibility index (Phi) is 5.69. The fourth-order valence-electron chi connectivity index (χ4n) is 2.96. The molecule has 0 spiro atoms. The van der Waals surface area contributed by atoms with Crippen LogP contribution in [0.2, 0.25) is 0 Å². The van der Waals surface area contributed by atoms with E-state index < -0.39 is 0 Å². The highest BCUT2D eigenvalue weighted by atomic mass is 35.5. The van der Waals surface area contributed by atoms with Crippen LogP contribution in [0.1, 0.15) is 16.7 Å². The third kappa shape index (κ3) is 3.54. The Bertz CT molecular complexity index is 605. The van der Waals surface area contributed by atoms with Gasteiger partial charge in [-0.05, 0) is 41.7 Å². The molecule has 2 aromatic carbocycles. The van der Waals surface area contributed by atoms with Gasteiger partial charge in [0.05, 0.1) is 14.2 Å². The first kappa shape index (κ1) is 16.7. The lowest BCUT2D eigenvalue weighted by atomic mass is 10.1. The molecule has 0 fully saturated rings. The van der Waals surface area contributed by atoms with Crippen molar-refractivity contribution in [1.29, 1.82) is 0 Å². The van der Waals surface area contributed by atoms with Crippen molar-refractivity contribution >= 4 is 12.4 Å². The molecule has 2 aromatic rings. The average Bonchev–Trinajstić information content (AvgIpc) is 2.95. The van der Waals surface area contributed by atoms with Crippen LogP contribution in [0.15, 0.2) is 42.5 Å². The fourth-order valence-corrected chi connectivity index (χ4v) is 2.96. The Morgan fingerprint density at radius 3 is 2.18 bits per heavy atom. The summed E-state index contributed by atoms with van der Waals surface area (Å²) in [5.74, 6) is 1.56. The molecule has 0 saturated carbocycles. The Morgan fingerprint density at radius 1 is 0.955 bits per heavy atom. The maximum atomic E-state index is 5.35. The fraction of sp³-hybridized carbons (Fsp3) is 0.333. The standard InChI is InChI=1S/C18H21NO2.ClH/c1-20-17-8-7-13(9-18(17)21-2)12-19-16-10-14-5-3-4-6-15(14)11-16;/h3-9,16,19H,10-12H2,1-2H3;1H. The lowest BCUT2D eigenvalue weighted by molar-refractivity contribution is 0.354. The summed E-state index contributed by atoms with van der Waals surface area (Å²) in [6, 6.07) is 15.3. The predicted octanol–water partition coefficient (Wildman–Crippen LogP) is 3.38. The summed E-state index contributed by atoms with van der Waals surface area (Å²) in [5.41, 5.74) is 4.16. The second-order valence-corrected chi connectivity index (χ2v) is 5.44. The number of fused-ring (bicyclic) bond motifs is 1. The second-order valence-electron chi connectivity index (χ2n) is 5.44. The topological polar surface area (TPSA) is 30.5 Å². The van der Waals surface area contributed by atoms with E-state index >= 15 is 0 Å². The molecule has 1 aliphatic carbocycles. The Morgan fingerprint density at radius 2 is 1.59 bits per heavy atom. The quantitative estimate of drug-likeness (QED) is 0.916. The maximum Gasteiger partial charge on any atom is 0.161 e. The summed E-state index contributed by atoms with van der Waals surface area (Å²) in [7, 11) is 3.33. The van der Waals surface area contributed by atoms with Gasteiger partial charge < -0.3 is 14.8 Å². The largest absolute Gasteiger partial charge is 0.493 e. The maximum absolute atomic E-state index is 5.35. The first-order valence-corrected chi connectivity index (χ1v) is 7.31. The lowest BCUT2D eigenvalue weighted by Gasteiger charge is -2.14. The van der Waals surface area contributed by atoms with Gasteiger partial charge >= 0.3 is 0 Å². The molecule has 0 heterocycles. The zero-order chi connectivity index (χ0) is 14.7. The zero-order valence-corrected chi connectivity index (χ0v) is 13.8. The van der Waals surface area contributed by atoms with Crippen LogP contribution in [-0.2, 0) is 19.4 Å². The minimum Gasteiger partial charge on any atom is -0.493 e. The molecule has 0 aliphatic heterocycles. The van der Waals surface area contributed by atoms with Gasteiger partial charge in [-0.25, -0.2) is 0 Å². The molecule has 4 heteroatoms. The SMILES string of the molecule is COc1ccc(CNC2Cc3ccccc3C2)cc1OC.Cl. The van der Waals surface area contributed by atoms with Crippen LogP contribution in [-0.4, -0.2) is 20.3 Å². The minimum atomic E-state index is 0. The third-order valence-corrected chi connectivity index (χ3v) is 4.09. The van der Waals surface area contributed by atoms with Crippen molar-refractivity contribution in [3.63, 3.8) is 0 Å². The lowest BCUT2D eigenvalue weighted by Crippen LogP contribution is -2.28. The van der Waals surface area contributed by atoms with Gasteiger partial charge in [-0.3, -0.25) is 0 Å². The van der Waals surface area contributed by atoms with Crippen molar-refractivity contribution in [2.24, 2.45) is 0 Å². The summed E-state index contributed by atoms with van der Waals surface area (Å²) in [4.78, 5) is 0. The number of ether oxygens (including phenoxy) is 2. The van der Waals surface area contributed by atoms with Crippen molar-refractivity contribution in [2.45, 2.75) is 25.4 Å². The monoisotopic (exact) mass is 319 g/mol. The first-order valence-electron chi connectivity index (χ1n) is 7.31. The molecule has 0 bridgehead atoms. The highest BCUT2D eigenvalue weighted by molar-refractivity contribution is 5.85. The van der Waals surface area contributed by atoms with E-state index in [0.717, 1.165) is 30.9 Å². The van der Waals surface area contributed by atoms with Crippen LogP contribution in [0.25, 0.3) is 0 Å². The molecular formula is C18H22ClNO2. The van der Waals surface area contributed by atoms with Gasteiger partial charge in [0.2, 0.25) is 0 Å². The van der Waals surface area contributed by atoms with Crippen LogP contribution >= 0.6 is 12.4 Å². The molecule has 0 saturated heterocycles. The Balaban J connectivity index is 0.00000176. The van der Waals surface area contributed by atoms with Crippen molar-refractivity contribution in [3.05, 3.63) is 59.2 Å². The van der Waals surface area contributed by atoms with Crippen molar-refractivity contribution in [2.75, 3.05) is 14.2 Å². The summed E-state index contributed by atoms with van der Waals surface area (Å²) in [5, 5.41) is 3.64.